The van der Waals surface area contributed by atoms with E-state index in [-0.39, 0.29) is 11.4 Å². The maximum atomic E-state index is 11.3. The smallest absolute Gasteiger partial charge is 0.358 e. The van der Waals surface area contributed by atoms with E-state index in [1.54, 1.807) is 0 Å². The summed E-state index contributed by atoms with van der Waals surface area (Å²) in [7, 11) is 2.73. The third kappa shape index (κ3) is 1.54. The van der Waals surface area contributed by atoms with E-state index in [0.717, 1.165) is 0 Å². The van der Waals surface area contributed by atoms with Crippen molar-refractivity contribution in [2.24, 2.45) is 0 Å². The Hall–Kier alpha value is -2.24. The van der Waals surface area contributed by atoms with E-state index in [1.807, 2.05) is 0 Å². The van der Waals surface area contributed by atoms with Crippen LogP contribution in [0.25, 0.3) is 5.52 Å². The number of aromatic hydroxyl groups is 1. The summed E-state index contributed by atoms with van der Waals surface area (Å²) in [4.78, 5) is 11.3. The van der Waals surface area contributed by atoms with Crippen molar-refractivity contribution in [3.63, 3.8) is 0 Å². The highest BCUT2D eigenvalue weighted by atomic mass is 16.5. The summed E-state index contributed by atoms with van der Waals surface area (Å²) < 4.78 is 11.0. The van der Waals surface area contributed by atoms with Gasteiger partial charge in [-0.2, -0.15) is 9.61 Å². The first-order chi connectivity index (χ1) is 7.65. The molecular formula is C10H10N2O4. The van der Waals surface area contributed by atoms with Crippen molar-refractivity contribution in [1.29, 1.82) is 0 Å². The summed E-state index contributed by atoms with van der Waals surface area (Å²) in [5.41, 5.74) is 0.712. The fourth-order valence-electron chi connectivity index (χ4n) is 1.41. The van der Waals surface area contributed by atoms with Crippen molar-refractivity contribution in [2.45, 2.75) is 0 Å². The van der Waals surface area contributed by atoms with E-state index in [2.05, 4.69) is 9.84 Å². The number of nitrogens with zero attached hydrogens (tertiary/aromatic N) is 2. The second-order valence-electron chi connectivity index (χ2n) is 3.11. The Morgan fingerprint density at radius 3 is 2.75 bits per heavy atom. The molecule has 0 unspecified atom stereocenters. The monoisotopic (exact) mass is 222 g/mol. The van der Waals surface area contributed by atoms with Crippen LogP contribution in [0.4, 0.5) is 0 Å². The number of hydrogen-bond donors (Lipinski definition) is 1. The molecule has 2 heterocycles. The van der Waals surface area contributed by atoms with Gasteiger partial charge in [-0.15, -0.1) is 0 Å². The number of methoxy groups -OCH3 is 2. The molecule has 2 aromatic rings. The molecule has 0 fully saturated rings. The summed E-state index contributed by atoms with van der Waals surface area (Å²) in [6.45, 7) is 0. The topological polar surface area (TPSA) is 73.1 Å². The predicted molar refractivity (Wildman–Crippen MR) is 54.7 cm³/mol. The number of ether oxygens (including phenoxy) is 2. The largest absolute Gasteiger partial charge is 0.508 e. The van der Waals surface area contributed by atoms with E-state index < -0.39 is 5.97 Å². The number of esters is 1. The molecule has 2 rings (SSSR count). The highest BCUT2D eigenvalue weighted by Gasteiger charge is 2.13. The highest BCUT2D eigenvalue weighted by molar-refractivity contribution is 5.88. The molecule has 84 valence electrons. The third-order valence-electron chi connectivity index (χ3n) is 2.12. The Morgan fingerprint density at radius 2 is 2.12 bits per heavy atom. The van der Waals surface area contributed by atoms with Gasteiger partial charge in [-0.25, -0.2) is 4.79 Å². The maximum Gasteiger partial charge on any atom is 0.358 e. The van der Waals surface area contributed by atoms with Gasteiger partial charge >= 0.3 is 5.97 Å². The van der Waals surface area contributed by atoms with Crippen LogP contribution in [0.2, 0.25) is 0 Å². The maximum absolute atomic E-state index is 11.3. The van der Waals surface area contributed by atoms with Crippen molar-refractivity contribution in [3.05, 3.63) is 23.9 Å². The Balaban J connectivity index is 2.64. The normalized spacial score (nSPS) is 10.4. The summed E-state index contributed by atoms with van der Waals surface area (Å²) in [6.07, 6.45) is 0. The minimum absolute atomic E-state index is 0.0423. The van der Waals surface area contributed by atoms with Crippen LogP contribution in [0.1, 0.15) is 10.5 Å². The summed E-state index contributed by atoms with van der Waals surface area (Å²) in [5, 5.41) is 13.4. The molecule has 0 aliphatic rings. The third-order valence-corrected chi connectivity index (χ3v) is 2.12. The number of carbonyl (C=O) groups is 1. The van der Waals surface area contributed by atoms with Gasteiger partial charge in [-0.3, -0.25) is 0 Å². The second kappa shape index (κ2) is 3.73. The zero-order valence-electron chi connectivity index (χ0n) is 8.80. The lowest BCUT2D eigenvalue weighted by Gasteiger charge is -2.03. The fraction of sp³-hybridized carbons (Fsp3) is 0.200. The number of aromatic nitrogens is 2. The Kier molecular flexibility index (Phi) is 2.40. The molecule has 0 saturated heterocycles. The van der Waals surface area contributed by atoms with Crippen LogP contribution < -0.4 is 4.74 Å². The summed E-state index contributed by atoms with van der Waals surface area (Å²) in [6, 6.07) is 4.39. The minimum Gasteiger partial charge on any atom is -0.508 e. The lowest BCUT2D eigenvalue weighted by Crippen LogP contribution is -2.02. The van der Waals surface area contributed by atoms with Crippen molar-refractivity contribution in [2.75, 3.05) is 14.2 Å². The Labute approximate surface area is 91.0 Å². The second-order valence-corrected chi connectivity index (χ2v) is 3.11. The lowest BCUT2D eigenvalue weighted by atomic mass is 10.3. The first kappa shape index (κ1) is 10.3. The quantitative estimate of drug-likeness (QED) is 0.762. The number of rotatable bonds is 2. The number of pyridine rings is 1. The van der Waals surface area contributed by atoms with Crippen LogP contribution in [0, 0.1) is 0 Å². The van der Waals surface area contributed by atoms with E-state index >= 15 is 0 Å². The first-order valence-electron chi connectivity index (χ1n) is 4.51. The Morgan fingerprint density at radius 1 is 1.38 bits per heavy atom. The molecule has 0 radical (unpaired) electrons. The molecule has 0 spiro atoms. The van der Waals surface area contributed by atoms with Crippen molar-refractivity contribution < 1.29 is 19.4 Å². The standard InChI is InChI=1S/C10H10N2O4/c1-15-9-5-7(13)3-6-4-8(10(14)16-2)11-12(6)9/h3-5,13H,1-2H3. The van der Waals surface area contributed by atoms with Gasteiger partial charge in [0.25, 0.3) is 0 Å². The molecule has 0 aliphatic carbocycles. The number of carbonyl (C=O) groups excluding carboxylic acids is 1. The average Bonchev–Trinajstić information content (AvgIpc) is 2.70. The van der Waals surface area contributed by atoms with E-state index in [9.17, 15) is 9.90 Å². The predicted octanol–water partition coefficient (Wildman–Crippen LogP) is 0.835. The van der Waals surface area contributed by atoms with Gasteiger partial charge in [0.15, 0.2) is 5.69 Å². The molecule has 1 N–H and O–H groups in total. The first-order valence-corrected chi connectivity index (χ1v) is 4.51. The van der Waals surface area contributed by atoms with E-state index in [1.165, 1.54) is 36.9 Å². The van der Waals surface area contributed by atoms with Gasteiger partial charge in [-0.05, 0) is 6.07 Å². The molecule has 0 aromatic carbocycles. The van der Waals surface area contributed by atoms with Crippen LogP contribution in [0.15, 0.2) is 18.2 Å². The van der Waals surface area contributed by atoms with Crippen LogP contribution in [-0.4, -0.2) is 34.9 Å². The highest BCUT2D eigenvalue weighted by Crippen LogP contribution is 2.22. The SMILES string of the molecule is COC(=O)c1cc2cc(O)cc(OC)n2n1. The summed E-state index contributed by atoms with van der Waals surface area (Å²) in [5.74, 6) is -0.156. The molecule has 6 heteroatoms. The van der Waals surface area contributed by atoms with Gasteiger partial charge in [0.2, 0.25) is 5.88 Å². The van der Waals surface area contributed by atoms with E-state index in [4.69, 9.17) is 4.74 Å². The molecule has 2 aromatic heterocycles. The van der Waals surface area contributed by atoms with Crippen LogP contribution in [-0.2, 0) is 4.74 Å². The molecule has 0 amide bonds. The van der Waals surface area contributed by atoms with Gasteiger partial charge in [0, 0.05) is 12.1 Å². The van der Waals surface area contributed by atoms with Gasteiger partial charge in [-0.1, -0.05) is 0 Å². The van der Waals surface area contributed by atoms with Crippen LogP contribution in [0.3, 0.4) is 0 Å². The number of fused-ring (bicyclic) bond motifs is 1. The average molecular weight is 222 g/mol. The van der Waals surface area contributed by atoms with Gasteiger partial charge in [0.05, 0.1) is 19.7 Å². The molecule has 6 nitrogen and oxygen atoms in total. The van der Waals surface area contributed by atoms with Crippen molar-refractivity contribution >= 4 is 11.5 Å². The fourth-order valence-corrected chi connectivity index (χ4v) is 1.41. The van der Waals surface area contributed by atoms with Crippen molar-refractivity contribution in [1.82, 2.24) is 9.61 Å². The molecule has 0 aliphatic heterocycles. The molecule has 0 saturated carbocycles. The van der Waals surface area contributed by atoms with Crippen molar-refractivity contribution in [3.8, 4) is 11.6 Å². The van der Waals surface area contributed by atoms with Crippen LogP contribution >= 0.6 is 0 Å². The molecule has 16 heavy (non-hydrogen) atoms. The molecule has 0 atom stereocenters. The molecular weight excluding hydrogens is 212 g/mol. The summed E-state index contributed by atoms with van der Waals surface area (Å²) >= 11 is 0. The van der Waals surface area contributed by atoms with Gasteiger partial charge < -0.3 is 14.6 Å². The zero-order valence-corrected chi connectivity index (χ0v) is 8.80. The van der Waals surface area contributed by atoms with Gasteiger partial charge in [0.1, 0.15) is 5.75 Å². The van der Waals surface area contributed by atoms with E-state index in [0.29, 0.717) is 11.4 Å². The lowest BCUT2D eigenvalue weighted by molar-refractivity contribution is 0.0593. The zero-order chi connectivity index (χ0) is 11.7. The number of hydrogen-bond acceptors (Lipinski definition) is 5. The molecule has 0 bridgehead atoms. The Bertz CT molecular complexity index is 547. The van der Waals surface area contributed by atoms with Crippen LogP contribution in [0.5, 0.6) is 11.6 Å². The minimum atomic E-state index is -0.537.